The molecule has 1 aromatic carbocycles. The molecule has 0 radical (unpaired) electrons. The number of aromatic hydroxyl groups is 1. The summed E-state index contributed by atoms with van der Waals surface area (Å²) in [5.41, 5.74) is 6.96. The number of phenols is 1. The van der Waals surface area contributed by atoms with Crippen molar-refractivity contribution < 1.29 is 13.9 Å². The molecular weight excluding hydrogens is 432 g/mol. The SMILES string of the molecule is N#[N+]c1snc2ncccc12.Nc1snc2ncccc12.Oc1cc(F)ccc1F. The van der Waals surface area contributed by atoms with Crippen LogP contribution in [0.5, 0.6) is 5.75 Å². The van der Waals surface area contributed by atoms with Gasteiger partial charge in [-0.1, -0.05) is 0 Å². The van der Waals surface area contributed by atoms with Crippen LogP contribution in [0, 0.1) is 17.0 Å². The Kier molecular flexibility index (Phi) is 6.68. The fourth-order valence-electron chi connectivity index (χ4n) is 2.13. The van der Waals surface area contributed by atoms with Gasteiger partial charge in [-0.2, -0.15) is 8.75 Å². The van der Waals surface area contributed by atoms with Crippen LogP contribution in [-0.2, 0) is 0 Å². The lowest BCUT2D eigenvalue weighted by Crippen LogP contribution is -1.78. The summed E-state index contributed by atoms with van der Waals surface area (Å²) < 4.78 is 32.1. The van der Waals surface area contributed by atoms with Crippen molar-refractivity contribution in [1.82, 2.24) is 18.7 Å². The van der Waals surface area contributed by atoms with E-state index in [9.17, 15) is 8.78 Å². The van der Waals surface area contributed by atoms with E-state index in [1.807, 2.05) is 18.2 Å². The highest BCUT2D eigenvalue weighted by molar-refractivity contribution is 7.12. The first kappa shape index (κ1) is 20.9. The van der Waals surface area contributed by atoms with Crippen LogP contribution >= 0.6 is 23.1 Å². The van der Waals surface area contributed by atoms with Gasteiger partial charge in [-0.3, -0.25) is 0 Å². The van der Waals surface area contributed by atoms with Crippen molar-refractivity contribution in [2.45, 2.75) is 0 Å². The van der Waals surface area contributed by atoms with Gasteiger partial charge in [0.05, 0.1) is 16.9 Å². The van der Waals surface area contributed by atoms with Gasteiger partial charge in [-0.15, -0.1) is 0 Å². The van der Waals surface area contributed by atoms with Crippen LogP contribution in [0.15, 0.2) is 54.9 Å². The molecule has 0 saturated carbocycles. The number of anilines is 1. The monoisotopic (exact) mass is 444 g/mol. The molecule has 0 aliphatic carbocycles. The Morgan fingerprint density at radius 3 is 2.17 bits per heavy atom. The molecule has 5 rings (SSSR count). The number of diazo groups is 1. The number of fused-ring (bicyclic) bond motifs is 2. The van der Waals surface area contributed by atoms with Crippen LogP contribution in [0.25, 0.3) is 27.0 Å². The number of nitrogen functional groups attached to an aromatic ring is 1. The van der Waals surface area contributed by atoms with Crippen LogP contribution in [0.2, 0.25) is 0 Å². The minimum atomic E-state index is -0.809. The van der Waals surface area contributed by atoms with E-state index in [0.717, 1.165) is 51.2 Å². The summed E-state index contributed by atoms with van der Waals surface area (Å²) in [6.07, 6.45) is 3.37. The minimum absolute atomic E-state index is 0.508. The average molecular weight is 444 g/mol. The number of nitrogens with zero attached hydrogens (tertiary/aromatic N) is 6. The predicted molar refractivity (Wildman–Crippen MR) is 112 cm³/mol. The molecule has 0 amide bonds. The molecule has 3 N–H and O–H groups in total. The summed E-state index contributed by atoms with van der Waals surface area (Å²) in [5, 5.41) is 20.0. The summed E-state index contributed by atoms with van der Waals surface area (Å²) in [5.74, 6) is -2.11. The van der Waals surface area contributed by atoms with Crippen molar-refractivity contribution >= 4 is 55.1 Å². The number of pyridine rings is 2. The number of halogens is 2. The molecular formula is C18H12F2N7OS2+. The molecule has 0 atom stereocenters. The zero-order valence-electron chi connectivity index (χ0n) is 15.0. The van der Waals surface area contributed by atoms with E-state index in [1.165, 1.54) is 11.5 Å². The summed E-state index contributed by atoms with van der Waals surface area (Å²) in [6, 6.07) is 9.90. The number of hydrogen-bond donors (Lipinski definition) is 2. The third-order valence-corrected chi connectivity index (χ3v) is 4.94. The summed E-state index contributed by atoms with van der Waals surface area (Å²) in [7, 11) is 0. The average Bonchev–Trinajstić information content (AvgIpc) is 3.36. The summed E-state index contributed by atoms with van der Waals surface area (Å²) in [4.78, 5) is 11.1. The van der Waals surface area contributed by atoms with Crippen molar-refractivity contribution in [3.05, 3.63) is 71.5 Å². The quantitative estimate of drug-likeness (QED) is 0.317. The fourth-order valence-corrected chi connectivity index (χ4v) is 3.33. The van der Waals surface area contributed by atoms with Gasteiger partial charge in [0.15, 0.2) is 27.8 Å². The maximum Gasteiger partial charge on any atom is 0.468 e. The molecule has 0 unspecified atom stereocenters. The number of phenolic OH excluding ortho intramolecular Hbond substituents is 1. The molecule has 4 heterocycles. The fraction of sp³-hybridized carbons (Fsp3) is 0. The molecule has 30 heavy (non-hydrogen) atoms. The molecule has 12 heteroatoms. The predicted octanol–water partition coefficient (Wildman–Crippen LogP) is 5.12. The van der Waals surface area contributed by atoms with E-state index in [4.69, 9.17) is 16.2 Å². The Morgan fingerprint density at radius 1 is 0.933 bits per heavy atom. The number of aromatic nitrogens is 4. The molecule has 0 saturated heterocycles. The van der Waals surface area contributed by atoms with E-state index >= 15 is 0 Å². The zero-order chi connectivity index (χ0) is 21.5. The lowest BCUT2D eigenvalue weighted by atomic mass is 10.3. The standard InChI is InChI=1S/C6H4F2O.C6H3N4S.C6H5N3S/c7-4-1-2-5(8)6(9)3-4;7-9-6-4-2-1-3-8-5(4)10-11-6;7-5-4-2-1-3-8-6(4)9-10-5/h1-3,9H;1-3H;1-3H,7H2/q;+1;. The van der Waals surface area contributed by atoms with Gasteiger partial charge < -0.3 is 10.8 Å². The van der Waals surface area contributed by atoms with Crippen LogP contribution < -0.4 is 5.73 Å². The second-order valence-corrected chi connectivity index (χ2v) is 7.04. The highest BCUT2D eigenvalue weighted by atomic mass is 32.1. The van der Waals surface area contributed by atoms with Crippen molar-refractivity contribution in [1.29, 1.82) is 5.39 Å². The molecule has 5 aromatic rings. The highest BCUT2D eigenvalue weighted by Crippen LogP contribution is 2.28. The number of nitrogens with two attached hydrogens (primary N) is 1. The first-order valence-electron chi connectivity index (χ1n) is 8.15. The Balaban J connectivity index is 0.000000129. The van der Waals surface area contributed by atoms with E-state index in [2.05, 4.69) is 23.7 Å². The summed E-state index contributed by atoms with van der Waals surface area (Å²) >= 11 is 2.42. The molecule has 4 aromatic heterocycles. The van der Waals surface area contributed by atoms with Crippen LogP contribution in [0.3, 0.4) is 0 Å². The maximum absolute atomic E-state index is 12.1. The van der Waals surface area contributed by atoms with Crippen molar-refractivity contribution in [3.8, 4) is 5.75 Å². The molecule has 8 nitrogen and oxygen atoms in total. The molecule has 0 aliphatic rings. The van der Waals surface area contributed by atoms with Gasteiger partial charge in [0.2, 0.25) is 5.39 Å². The van der Waals surface area contributed by atoms with Gasteiger partial charge in [0, 0.05) is 18.5 Å². The van der Waals surface area contributed by atoms with Crippen molar-refractivity contribution in [3.63, 3.8) is 0 Å². The topological polar surface area (TPSA) is 126 Å². The lowest BCUT2D eigenvalue weighted by molar-refractivity contribution is 0.426. The molecule has 0 bridgehead atoms. The van der Waals surface area contributed by atoms with E-state index in [-0.39, 0.29) is 0 Å². The van der Waals surface area contributed by atoms with Crippen LogP contribution in [0.4, 0.5) is 18.8 Å². The minimum Gasteiger partial charge on any atom is -0.505 e. The smallest absolute Gasteiger partial charge is 0.468 e. The largest absolute Gasteiger partial charge is 0.505 e. The third-order valence-electron chi connectivity index (χ3n) is 3.52. The Labute approximate surface area is 176 Å². The Morgan fingerprint density at radius 2 is 1.57 bits per heavy atom. The highest BCUT2D eigenvalue weighted by Gasteiger charge is 2.15. The Hall–Kier alpha value is -3.82. The molecule has 0 fully saturated rings. The van der Waals surface area contributed by atoms with Gasteiger partial charge in [0.25, 0.3) is 0 Å². The molecule has 150 valence electrons. The van der Waals surface area contributed by atoms with Gasteiger partial charge in [-0.05, 0) is 47.9 Å². The van der Waals surface area contributed by atoms with Gasteiger partial charge in [0.1, 0.15) is 16.2 Å². The maximum atomic E-state index is 12.1. The zero-order valence-corrected chi connectivity index (χ0v) is 16.6. The normalized spacial score (nSPS) is 9.90. The van der Waals surface area contributed by atoms with Gasteiger partial charge in [-0.25, -0.2) is 18.7 Å². The van der Waals surface area contributed by atoms with E-state index in [0.29, 0.717) is 10.6 Å². The Bertz CT molecular complexity index is 1330. The first-order chi connectivity index (χ1) is 14.5. The van der Waals surface area contributed by atoms with Crippen LogP contribution in [0.1, 0.15) is 0 Å². The van der Waals surface area contributed by atoms with Crippen molar-refractivity contribution in [2.24, 2.45) is 0 Å². The van der Waals surface area contributed by atoms with Crippen molar-refractivity contribution in [2.75, 3.05) is 5.73 Å². The van der Waals surface area contributed by atoms with E-state index < -0.39 is 17.4 Å². The van der Waals surface area contributed by atoms with E-state index in [1.54, 1.807) is 18.5 Å². The number of benzene rings is 1. The first-order valence-corrected chi connectivity index (χ1v) is 9.69. The second-order valence-electron chi connectivity index (χ2n) is 5.48. The molecule has 0 spiro atoms. The summed E-state index contributed by atoms with van der Waals surface area (Å²) in [6.45, 7) is 0. The number of rotatable bonds is 0. The van der Waals surface area contributed by atoms with Gasteiger partial charge >= 0.3 is 5.00 Å². The second kappa shape index (κ2) is 9.59. The molecule has 0 aliphatic heterocycles. The third kappa shape index (κ3) is 4.96. The number of hydrogen-bond acceptors (Lipinski definition) is 9. The lowest BCUT2D eigenvalue weighted by Gasteiger charge is -1.91. The van der Waals surface area contributed by atoms with Crippen LogP contribution in [-0.4, -0.2) is 23.8 Å².